The summed E-state index contributed by atoms with van der Waals surface area (Å²) < 4.78 is 5.80. The zero-order chi connectivity index (χ0) is 14.2. The molecule has 3 heteroatoms. The molecule has 0 unspecified atom stereocenters. The van der Waals surface area contributed by atoms with Crippen molar-refractivity contribution in [3.63, 3.8) is 0 Å². The van der Waals surface area contributed by atoms with Crippen molar-refractivity contribution in [2.75, 3.05) is 26.2 Å². The summed E-state index contributed by atoms with van der Waals surface area (Å²) in [4.78, 5) is 14.3. The van der Waals surface area contributed by atoms with Gasteiger partial charge in [-0.05, 0) is 44.5 Å². The van der Waals surface area contributed by atoms with Crippen LogP contribution in [0.2, 0.25) is 0 Å². The molecule has 3 nitrogen and oxygen atoms in total. The average Bonchev–Trinajstić information content (AvgIpc) is 2.52. The molecule has 0 amide bonds. The molecule has 1 aromatic carbocycles. The summed E-state index contributed by atoms with van der Waals surface area (Å²) in [5.74, 6) is 0.884. The summed E-state index contributed by atoms with van der Waals surface area (Å²) in [6.45, 7) is 6.12. The number of benzene rings is 1. The molecule has 110 valence electrons. The van der Waals surface area contributed by atoms with Gasteiger partial charge in [0.1, 0.15) is 5.75 Å². The number of ether oxygens (including phenoxy) is 1. The third-order valence-corrected chi connectivity index (χ3v) is 3.83. The zero-order valence-corrected chi connectivity index (χ0v) is 12.4. The minimum atomic E-state index is 0.150. The Hall–Kier alpha value is -1.35. The topological polar surface area (TPSA) is 29.5 Å². The molecule has 0 bridgehead atoms. The Morgan fingerprint density at radius 2 is 1.95 bits per heavy atom. The number of Topliss-reactive ketones (excluding diaryl/α,β-unsaturated/α-hetero) is 1. The van der Waals surface area contributed by atoms with Gasteiger partial charge in [-0.2, -0.15) is 0 Å². The van der Waals surface area contributed by atoms with Crippen molar-refractivity contribution in [2.45, 2.75) is 39.0 Å². The summed E-state index contributed by atoms with van der Waals surface area (Å²) in [6.07, 6.45) is 5.58. The molecule has 1 saturated heterocycles. The van der Waals surface area contributed by atoms with Gasteiger partial charge in [0.2, 0.25) is 0 Å². The van der Waals surface area contributed by atoms with Crippen molar-refractivity contribution in [1.82, 2.24) is 4.90 Å². The highest BCUT2D eigenvalue weighted by Crippen LogP contribution is 2.19. The summed E-state index contributed by atoms with van der Waals surface area (Å²) in [7, 11) is 0. The maximum atomic E-state index is 11.8. The largest absolute Gasteiger partial charge is 0.493 e. The molecule has 0 aromatic heterocycles. The highest BCUT2D eigenvalue weighted by atomic mass is 16.5. The Kier molecular flexibility index (Phi) is 6.06. The number of ketones is 1. The van der Waals surface area contributed by atoms with Crippen LogP contribution in [0, 0.1) is 0 Å². The quantitative estimate of drug-likeness (QED) is 0.563. The normalized spacial score (nSPS) is 16.1. The lowest BCUT2D eigenvalue weighted by molar-refractivity contribution is 0.0984. The highest BCUT2D eigenvalue weighted by molar-refractivity contribution is 5.98. The second kappa shape index (κ2) is 8.05. The van der Waals surface area contributed by atoms with Crippen LogP contribution in [0.3, 0.4) is 0 Å². The second-order valence-corrected chi connectivity index (χ2v) is 5.38. The van der Waals surface area contributed by atoms with E-state index in [0.29, 0.717) is 18.6 Å². The van der Waals surface area contributed by atoms with E-state index in [0.717, 1.165) is 18.7 Å². The van der Waals surface area contributed by atoms with E-state index in [1.54, 1.807) is 0 Å². The first-order chi connectivity index (χ1) is 9.81. The van der Waals surface area contributed by atoms with Crippen LogP contribution in [0.4, 0.5) is 0 Å². The Bertz CT molecular complexity index is 425. The van der Waals surface area contributed by atoms with Crippen LogP contribution in [0.25, 0.3) is 0 Å². The molecule has 1 heterocycles. The first-order valence-corrected chi connectivity index (χ1v) is 7.78. The van der Waals surface area contributed by atoms with Crippen LogP contribution in [0.5, 0.6) is 5.75 Å². The number of carbonyl (C=O) groups excluding carboxylic acids is 1. The Balaban J connectivity index is 1.77. The van der Waals surface area contributed by atoms with E-state index in [4.69, 9.17) is 4.74 Å². The number of hydrogen-bond acceptors (Lipinski definition) is 3. The predicted molar refractivity (Wildman–Crippen MR) is 81.5 cm³/mol. The van der Waals surface area contributed by atoms with Crippen molar-refractivity contribution in [3.8, 4) is 5.75 Å². The number of rotatable bonds is 7. The minimum Gasteiger partial charge on any atom is -0.493 e. The van der Waals surface area contributed by atoms with Crippen LogP contribution < -0.4 is 4.74 Å². The third-order valence-electron chi connectivity index (χ3n) is 3.83. The van der Waals surface area contributed by atoms with Gasteiger partial charge in [0.05, 0.1) is 12.2 Å². The van der Waals surface area contributed by atoms with E-state index >= 15 is 0 Å². The van der Waals surface area contributed by atoms with Gasteiger partial charge in [0.25, 0.3) is 0 Å². The van der Waals surface area contributed by atoms with Gasteiger partial charge in [-0.1, -0.05) is 25.5 Å². The summed E-state index contributed by atoms with van der Waals surface area (Å²) >= 11 is 0. The Morgan fingerprint density at radius 1 is 1.20 bits per heavy atom. The SMILES string of the molecule is CCC(=O)c1ccccc1OCCCN1CCCCC1. The van der Waals surface area contributed by atoms with E-state index in [1.807, 2.05) is 31.2 Å². The zero-order valence-electron chi connectivity index (χ0n) is 12.4. The van der Waals surface area contributed by atoms with E-state index in [9.17, 15) is 4.79 Å². The maximum Gasteiger partial charge on any atom is 0.166 e. The Morgan fingerprint density at radius 3 is 2.70 bits per heavy atom. The fourth-order valence-corrected chi connectivity index (χ4v) is 2.67. The molecule has 1 fully saturated rings. The number of nitrogens with zero attached hydrogens (tertiary/aromatic N) is 1. The molecule has 0 atom stereocenters. The lowest BCUT2D eigenvalue weighted by Crippen LogP contribution is -2.31. The first kappa shape index (κ1) is 15.0. The molecule has 0 radical (unpaired) electrons. The monoisotopic (exact) mass is 275 g/mol. The molecule has 0 saturated carbocycles. The molecule has 2 rings (SSSR count). The number of piperidine rings is 1. The second-order valence-electron chi connectivity index (χ2n) is 5.38. The molecule has 0 spiro atoms. The van der Waals surface area contributed by atoms with Crippen LogP contribution >= 0.6 is 0 Å². The lowest BCUT2D eigenvalue weighted by atomic mass is 10.1. The Labute approximate surface area is 121 Å². The third kappa shape index (κ3) is 4.34. The van der Waals surface area contributed by atoms with Crippen molar-refractivity contribution < 1.29 is 9.53 Å². The standard InChI is InChI=1S/C17H25NO2/c1-2-16(19)15-9-4-5-10-17(15)20-14-8-13-18-11-6-3-7-12-18/h4-5,9-10H,2-3,6-8,11-14H2,1H3. The predicted octanol–water partition coefficient (Wildman–Crippen LogP) is 3.53. The molecular weight excluding hydrogens is 250 g/mol. The highest BCUT2D eigenvalue weighted by Gasteiger charge is 2.11. The first-order valence-electron chi connectivity index (χ1n) is 7.78. The van der Waals surface area contributed by atoms with E-state index < -0.39 is 0 Å². The van der Waals surface area contributed by atoms with Gasteiger partial charge in [0, 0.05) is 13.0 Å². The summed E-state index contributed by atoms with van der Waals surface area (Å²) in [5.41, 5.74) is 0.716. The van der Waals surface area contributed by atoms with Crippen molar-refractivity contribution >= 4 is 5.78 Å². The number of hydrogen-bond donors (Lipinski definition) is 0. The molecule has 1 aromatic rings. The van der Waals surface area contributed by atoms with Gasteiger partial charge < -0.3 is 9.64 Å². The van der Waals surface area contributed by atoms with Crippen molar-refractivity contribution in [1.29, 1.82) is 0 Å². The maximum absolute atomic E-state index is 11.8. The van der Waals surface area contributed by atoms with E-state index in [1.165, 1.54) is 32.4 Å². The van der Waals surface area contributed by atoms with Gasteiger partial charge >= 0.3 is 0 Å². The van der Waals surface area contributed by atoms with Crippen molar-refractivity contribution in [3.05, 3.63) is 29.8 Å². The number of likely N-dealkylation sites (tertiary alicyclic amines) is 1. The number of para-hydroxylation sites is 1. The fourth-order valence-electron chi connectivity index (χ4n) is 2.67. The number of carbonyl (C=O) groups is 1. The van der Waals surface area contributed by atoms with E-state index in [-0.39, 0.29) is 5.78 Å². The molecule has 1 aliphatic rings. The van der Waals surface area contributed by atoms with Gasteiger partial charge in [0.15, 0.2) is 5.78 Å². The van der Waals surface area contributed by atoms with Gasteiger partial charge in [-0.25, -0.2) is 0 Å². The van der Waals surface area contributed by atoms with Crippen molar-refractivity contribution in [2.24, 2.45) is 0 Å². The van der Waals surface area contributed by atoms with Crippen LogP contribution in [-0.4, -0.2) is 36.9 Å². The fraction of sp³-hybridized carbons (Fsp3) is 0.588. The smallest absolute Gasteiger partial charge is 0.166 e. The summed E-state index contributed by atoms with van der Waals surface area (Å²) in [5, 5.41) is 0. The molecule has 20 heavy (non-hydrogen) atoms. The molecule has 1 aliphatic heterocycles. The lowest BCUT2D eigenvalue weighted by Gasteiger charge is -2.26. The van der Waals surface area contributed by atoms with E-state index in [2.05, 4.69) is 4.90 Å². The van der Waals surface area contributed by atoms with Gasteiger partial charge in [-0.3, -0.25) is 4.79 Å². The minimum absolute atomic E-state index is 0.150. The molecule has 0 aliphatic carbocycles. The van der Waals surface area contributed by atoms with Crippen LogP contribution in [0.1, 0.15) is 49.4 Å². The average molecular weight is 275 g/mol. The van der Waals surface area contributed by atoms with Crippen LogP contribution in [0.15, 0.2) is 24.3 Å². The van der Waals surface area contributed by atoms with Crippen LogP contribution in [-0.2, 0) is 0 Å². The van der Waals surface area contributed by atoms with Gasteiger partial charge in [-0.15, -0.1) is 0 Å². The summed E-state index contributed by atoms with van der Waals surface area (Å²) in [6, 6.07) is 7.56. The molecule has 0 N–H and O–H groups in total. The molecular formula is C17H25NO2.